The lowest BCUT2D eigenvalue weighted by Gasteiger charge is -2.17. The summed E-state index contributed by atoms with van der Waals surface area (Å²) in [6.45, 7) is 0. The molecule has 0 bridgehead atoms. The largest absolute Gasteiger partial charge is 0.480 e. The second-order valence-electron chi connectivity index (χ2n) is 6.89. The van der Waals surface area contributed by atoms with Crippen molar-refractivity contribution in [3.05, 3.63) is 94.5 Å². The fraction of sp³-hybridized carbons (Fsp3) is 0.0833. The quantitative estimate of drug-likeness (QED) is 0.414. The summed E-state index contributed by atoms with van der Waals surface area (Å²) in [6.07, 6.45) is 0.198. The van der Waals surface area contributed by atoms with Crippen molar-refractivity contribution in [1.82, 2.24) is 5.32 Å². The van der Waals surface area contributed by atoms with Gasteiger partial charge in [0.2, 0.25) is 0 Å². The van der Waals surface area contributed by atoms with Crippen molar-refractivity contribution < 1.29 is 14.7 Å². The number of carboxylic acid groups (broad SMARTS) is 1. The van der Waals surface area contributed by atoms with Gasteiger partial charge in [-0.15, -0.1) is 0 Å². The van der Waals surface area contributed by atoms with Crippen LogP contribution in [0.1, 0.15) is 15.9 Å². The summed E-state index contributed by atoms with van der Waals surface area (Å²) >= 11 is 3.40. The van der Waals surface area contributed by atoms with E-state index in [-0.39, 0.29) is 12.3 Å². The highest BCUT2D eigenvalue weighted by atomic mass is 79.9. The molecule has 2 N–H and O–H groups in total. The first kappa shape index (κ1) is 19.2. The first-order valence-electron chi connectivity index (χ1n) is 9.21. The third kappa shape index (κ3) is 4.00. The highest BCUT2D eigenvalue weighted by Gasteiger charge is 2.23. The topological polar surface area (TPSA) is 66.4 Å². The van der Waals surface area contributed by atoms with E-state index >= 15 is 0 Å². The molecule has 0 aromatic heterocycles. The van der Waals surface area contributed by atoms with Crippen LogP contribution in [0.25, 0.3) is 21.5 Å². The molecule has 0 saturated carbocycles. The maximum Gasteiger partial charge on any atom is 0.326 e. The van der Waals surface area contributed by atoms with E-state index in [1.54, 1.807) is 0 Å². The lowest BCUT2D eigenvalue weighted by atomic mass is 9.96. The van der Waals surface area contributed by atoms with Crippen LogP contribution < -0.4 is 5.32 Å². The number of benzene rings is 4. The summed E-state index contributed by atoms with van der Waals surface area (Å²) in [4.78, 5) is 25.1. The number of rotatable bonds is 5. The summed E-state index contributed by atoms with van der Waals surface area (Å²) in [5, 5.41) is 15.9. The maximum absolute atomic E-state index is 13.3. The van der Waals surface area contributed by atoms with Crippen LogP contribution in [0.4, 0.5) is 0 Å². The minimum absolute atomic E-state index is 0.198. The minimum atomic E-state index is -1.07. The van der Waals surface area contributed by atoms with Crippen LogP contribution in [0.2, 0.25) is 0 Å². The Balaban J connectivity index is 1.74. The highest BCUT2D eigenvalue weighted by molar-refractivity contribution is 9.10. The van der Waals surface area contributed by atoms with E-state index in [1.165, 1.54) is 0 Å². The number of carbonyl (C=O) groups is 2. The molecule has 1 amide bonds. The van der Waals surface area contributed by atoms with Gasteiger partial charge in [-0.05, 0) is 45.3 Å². The van der Waals surface area contributed by atoms with Crippen molar-refractivity contribution in [2.24, 2.45) is 0 Å². The molecule has 0 saturated heterocycles. The smallest absolute Gasteiger partial charge is 0.326 e. The second kappa shape index (κ2) is 8.05. The third-order valence-electron chi connectivity index (χ3n) is 4.93. The number of hydrogen-bond acceptors (Lipinski definition) is 2. The summed E-state index contributed by atoms with van der Waals surface area (Å²) in [7, 11) is 0. The molecule has 0 spiro atoms. The zero-order chi connectivity index (χ0) is 20.4. The van der Waals surface area contributed by atoms with Crippen molar-refractivity contribution in [3.63, 3.8) is 0 Å². The average molecular weight is 448 g/mol. The number of nitrogens with one attached hydrogen (secondary N) is 1. The van der Waals surface area contributed by atoms with Crippen LogP contribution in [-0.4, -0.2) is 23.0 Å². The van der Waals surface area contributed by atoms with Crippen LogP contribution >= 0.6 is 15.9 Å². The number of amides is 1. The van der Waals surface area contributed by atoms with Crippen LogP contribution in [0.15, 0.2) is 83.3 Å². The molecule has 0 fully saturated rings. The van der Waals surface area contributed by atoms with Crippen LogP contribution in [0.5, 0.6) is 0 Å². The molecule has 0 unspecified atom stereocenters. The van der Waals surface area contributed by atoms with E-state index in [1.807, 2.05) is 78.9 Å². The summed E-state index contributed by atoms with van der Waals surface area (Å²) in [5.74, 6) is -1.46. The molecule has 0 aliphatic rings. The predicted octanol–water partition coefficient (Wildman–Crippen LogP) is 5.18. The van der Waals surface area contributed by atoms with Gasteiger partial charge in [-0.2, -0.15) is 0 Å². The van der Waals surface area contributed by atoms with Gasteiger partial charge >= 0.3 is 5.97 Å². The van der Waals surface area contributed by atoms with Gasteiger partial charge in [-0.1, -0.05) is 76.6 Å². The lowest BCUT2D eigenvalue weighted by molar-refractivity contribution is -0.139. The number of aliphatic carboxylic acids is 1. The van der Waals surface area contributed by atoms with Gasteiger partial charge in [0, 0.05) is 10.9 Å². The number of carbonyl (C=O) groups excluding carboxylic acids is 1. The highest BCUT2D eigenvalue weighted by Crippen LogP contribution is 2.28. The Kier molecular flexibility index (Phi) is 5.32. The summed E-state index contributed by atoms with van der Waals surface area (Å²) in [6, 6.07) is 23.7. The van der Waals surface area contributed by atoms with Crippen LogP contribution in [0.3, 0.4) is 0 Å². The van der Waals surface area contributed by atoms with E-state index in [4.69, 9.17) is 0 Å². The second-order valence-corrected chi connectivity index (χ2v) is 7.81. The van der Waals surface area contributed by atoms with Gasteiger partial charge in [0.25, 0.3) is 5.91 Å². The van der Waals surface area contributed by atoms with Gasteiger partial charge in [0.15, 0.2) is 0 Å². The Hall–Kier alpha value is -3.18. The molecule has 29 heavy (non-hydrogen) atoms. The Bertz CT molecular complexity index is 1180. The predicted molar refractivity (Wildman–Crippen MR) is 118 cm³/mol. The Labute approximate surface area is 176 Å². The number of hydrogen-bond donors (Lipinski definition) is 2. The van der Waals surface area contributed by atoms with Crippen molar-refractivity contribution >= 4 is 49.4 Å². The molecule has 0 radical (unpaired) electrons. The summed E-state index contributed by atoms with van der Waals surface area (Å²) < 4.78 is 0.866. The molecule has 0 heterocycles. The molecular weight excluding hydrogens is 430 g/mol. The van der Waals surface area contributed by atoms with Crippen molar-refractivity contribution in [2.75, 3.05) is 0 Å². The van der Waals surface area contributed by atoms with Crippen molar-refractivity contribution in [1.29, 1.82) is 0 Å². The molecule has 4 nitrogen and oxygen atoms in total. The Morgan fingerprint density at radius 3 is 2.07 bits per heavy atom. The Morgan fingerprint density at radius 1 is 0.862 bits per heavy atom. The van der Waals surface area contributed by atoms with E-state index < -0.39 is 12.0 Å². The van der Waals surface area contributed by atoms with Gasteiger partial charge < -0.3 is 10.4 Å². The SMILES string of the molecule is O=C(N[C@H](Cc1cccc(Br)c1)C(=O)O)c1c2ccccc2cc2ccccc12. The molecule has 4 aromatic carbocycles. The molecule has 144 valence electrons. The minimum Gasteiger partial charge on any atom is -0.480 e. The lowest BCUT2D eigenvalue weighted by Crippen LogP contribution is -2.42. The van der Waals surface area contributed by atoms with Gasteiger partial charge in [-0.25, -0.2) is 4.79 Å². The number of halogens is 1. The first-order chi connectivity index (χ1) is 14.0. The van der Waals surface area contributed by atoms with E-state index in [0.717, 1.165) is 31.6 Å². The van der Waals surface area contributed by atoms with Crippen LogP contribution in [-0.2, 0) is 11.2 Å². The monoisotopic (exact) mass is 447 g/mol. The fourth-order valence-electron chi connectivity index (χ4n) is 3.59. The maximum atomic E-state index is 13.3. The molecule has 4 rings (SSSR count). The zero-order valence-electron chi connectivity index (χ0n) is 15.4. The van der Waals surface area contributed by atoms with E-state index in [0.29, 0.717) is 5.56 Å². The van der Waals surface area contributed by atoms with Crippen molar-refractivity contribution in [2.45, 2.75) is 12.5 Å². The van der Waals surface area contributed by atoms with E-state index in [2.05, 4.69) is 21.2 Å². The third-order valence-corrected chi connectivity index (χ3v) is 5.42. The molecule has 0 aliphatic carbocycles. The van der Waals surface area contributed by atoms with Gasteiger partial charge in [0.1, 0.15) is 6.04 Å². The standard InChI is InChI=1S/C24H18BrNO3/c25-18-9-5-6-15(12-18)13-21(24(28)29)26-23(27)22-19-10-3-1-7-16(19)14-17-8-2-4-11-20(17)22/h1-12,14,21H,13H2,(H,26,27)(H,28,29)/t21-/m1/s1. The normalized spacial score (nSPS) is 12.0. The number of carboxylic acids is 1. The zero-order valence-corrected chi connectivity index (χ0v) is 17.0. The fourth-order valence-corrected chi connectivity index (χ4v) is 4.04. The van der Waals surface area contributed by atoms with Crippen molar-refractivity contribution in [3.8, 4) is 0 Å². The average Bonchev–Trinajstić information content (AvgIpc) is 2.71. The summed E-state index contributed by atoms with van der Waals surface area (Å²) in [5.41, 5.74) is 1.33. The van der Waals surface area contributed by atoms with E-state index in [9.17, 15) is 14.7 Å². The van der Waals surface area contributed by atoms with Gasteiger partial charge in [-0.3, -0.25) is 4.79 Å². The molecule has 5 heteroatoms. The first-order valence-corrected chi connectivity index (χ1v) is 10.0. The molecule has 0 aliphatic heterocycles. The van der Waals surface area contributed by atoms with Gasteiger partial charge in [0.05, 0.1) is 5.56 Å². The Morgan fingerprint density at radius 2 is 1.48 bits per heavy atom. The number of fused-ring (bicyclic) bond motifs is 2. The van der Waals surface area contributed by atoms with Crippen LogP contribution in [0, 0.1) is 0 Å². The molecular formula is C24H18BrNO3. The molecule has 1 atom stereocenters. The molecule has 4 aromatic rings.